The zero-order chi connectivity index (χ0) is 38.8. The Balaban J connectivity index is 0.00000245. The third-order valence-corrected chi connectivity index (χ3v) is 10.7. The van der Waals surface area contributed by atoms with Gasteiger partial charge in [0.1, 0.15) is 11.4 Å². The second-order valence-electron chi connectivity index (χ2n) is 15.6. The van der Waals surface area contributed by atoms with Crippen molar-refractivity contribution in [1.82, 2.24) is 29.3 Å². The first-order chi connectivity index (χ1) is 25.7. The lowest BCUT2D eigenvalue weighted by atomic mass is 9.68. The van der Waals surface area contributed by atoms with Crippen LogP contribution in [0.1, 0.15) is 70.7 Å². The number of rotatable bonds is 6. The highest BCUT2D eigenvalue weighted by Crippen LogP contribution is 2.51. The molecule has 0 saturated carbocycles. The van der Waals surface area contributed by atoms with Gasteiger partial charge in [0.25, 0.3) is 5.92 Å². The fraction of sp³-hybridized carbons (Fsp3) is 0.525. The fourth-order valence-electron chi connectivity index (χ4n) is 7.76. The number of nitrogens with zero attached hydrogens (tertiary/aromatic N) is 6. The number of aryl methyl sites for hydroxylation is 1. The molecular weight excluding hydrogens is 696 g/mol. The van der Waals surface area contributed by atoms with Crippen LogP contribution in [-0.4, -0.2) is 104 Å². The van der Waals surface area contributed by atoms with Gasteiger partial charge >= 0.3 is 6.09 Å². The first kappa shape index (κ1) is 39.2. The summed E-state index contributed by atoms with van der Waals surface area (Å²) in [5.41, 5.74) is 4.37. The SMILES string of the molecule is CC(=O)Nc1cc2c(-c3cc(-c4ccc(CN5CCC6(CCN(C(=O)OC(C)(C)C)CC6)C(F)(F)C5)nc4)cc(C4CCOC4)n3)cn(C)c2cn1.CO. The number of aliphatic hydroxyl groups is 1. The van der Waals surface area contributed by atoms with Crippen molar-refractivity contribution in [2.75, 3.05) is 51.8 Å². The number of aliphatic hydroxyl groups excluding tert-OH is 1. The molecule has 1 spiro atoms. The zero-order valence-corrected chi connectivity index (χ0v) is 32.0. The molecule has 4 aromatic rings. The zero-order valence-electron chi connectivity index (χ0n) is 32.0. The van der Waals surface area contributed by atoms with Gasteiger partial charge in [-0.2, -0.15) is 0 Å². The number of fused-ring (bicyclic) bond motifs is 1. The predicted molar refractivity (Wildman–Crippen MR) is 202 cm³/mol. The number of carbonyl (C=O) groups excluding carboxylic acids is 2. The van der Waals surface area contributed by atoms with Crippen molar-refractivity contribution >= 4 is 28.7 Å². The van der Waals surface area contributed by atoms with Crippen LogP contribution in [0.3, 0.4) is 0 Å². The number of nitrogens with one attached hydrogen (secondary N) is 1. The molecule has 7 rings (SSSR count). The van der Waals surface area contributed by atoms with Crippen LogP contribution in [-0.2, 0) is 27.9 Å². The third kappa shape index (κ3) is 8.40. The molecule has 1 atom stereocenters. The van der Waals surface area contributed by atoms with Crippen LogP contribution in [0.4, 0.5) is 19.4 Å². The van der Waals surface area contributed by atoms with E-state index in [0.29, 0.717) is 38.5 Å². The number of anilines is 1. The first-order valence-electron chi connectivity index (χ1n) is 18.5. The Kier molecular flexibility index (Phi) is 11.4. The van der Waals surface area contributed by atoms with Crippen molar-refractivity contribution in [3.63, 3.8) is 0 Å². The number of ether oxygens (including phenoxy) is 2. The van der Waals surface area contributed by atoms with Crippen LogP contribution in [0.25, 0.3) is 33.3 Å². The van der Waals surface area contributed by atoms with Crippen LogP contribution in [0.15, 0.2) is 48.9 Å². The van der Waals surface area contributed by atoms with Crippen molar-refractivity contribution in [3.8, 4) is 22.4 Å². The number of likely N-dealkylation sites (tertiary alicyclic amines) is 2. The van der Waals surface area contributed by atoms with E-state index in [1.807, 2.05) is 42.1 Å². The van der Waals surface area contributed by atoms with Gasteiger partial charge in [0, 0.05) is 93.3 Å². The highest BCUT2D eigenvalue weighted by molar-refractivity contribution is 5.98. The summed E-state index contributed by atoms with van der Waals surface area (Å²) in [6.45, 7) is 9.22. The number of hydrogen-bond acceptors (Lipinski definition) is 9. The van der Waals surface area contributed by atoms with E-state index in [0.717, 1.165) is 58.2 Å². The molecule has 2 N–H and O–H groups in total. The highest BCUT2D eigenvalue weighted by atomic mass is 19.3. The highest BCUT2D eigenvalue weighted by Gasteiger charge is 2.57. The minimum atomic E-state index is -2.89. The molecule has 12 nitrogen and oxygen atoms in total. The summed E-state index contributed by atoms with van der Waals surface area (Å²) in [4.78, 5) is 41.9. The van der Waals surface area contributed by atoms with Gasteiger partial charge in [0.15, 0.2) is 0 Å². The molecular formula is C40H51F2N7O5. The van der Waals surface area contributed by atoms with Crippen molar-refractivity contribution in [2.24, 2.45) is 12.5 Å². The summed E-state index contributed by atoms with van der Waals surface area (Å²) in [6, 6.07) is 9.91. The molecule has 4 aromatic heterocycles. The Bertz CT molecular complexity index is 1960. The topological polar surface area (TPSA) is 135 Å². The molecule has 0 aliphatic carbocycles. The molecule has 3 saturated heterocycles. The maximum absolute atomic E-state index is 15.9. The Hall–Kier alpha value is -4.53. The second kappa shape index (κ2) is 15.7. The molecule has 2 amide bonds. The smallest absolute Gasteiger partial charge is 0.410 e. The number of hydrogen-bond donors (Lipinski definition) is 2. The van der Waals surface area contributed by atoms with Crippen LogP contribution in [0, 0.1) is 5.41 Å². The molecule has 0 aromatic carbocycles. The number of pyridine rings is 3. The number of carbonyl (C=O) groups is 2. The fourth-order valence-corrected chi connectivity index (χ4v) is 7.76. The van der Waals surface area contributed by atoms with Gasteiger partial charge in [-0.25, -0.2) is 18.6 Å². The Morgan fingerprint density at radius 2 is 1.78 bits per heavy atom. The Labute approximate surface area is 314 Å². The van der Waals surface area contributed by atoms with E-state index in [1.165, 1.54) is 6.92 Å². The Morgan fingerprint density at radius 1 is 1.04 bits per heavy atom. The van der Waals surface area contributed by atoms with Crippen LogP contribution in [0.2, 0.25) is 0 Å². The molecule has 54 heavy (non-hydrogen) atoms. The first-order valence-corrected chi connectivity index (χ1v) is 18.5. The summed E-state index contributed by atoms with van der Waals surface area (Å²) in [6.07, 6.45) is 6.90. The summed E-state index contributed by atoms with van der Waals surface area (Å²) in [5, 5.41) is 10.7. The van der Waals surface area contributed by atoms with Crippen molar-refractivity contribution in [1.29, 1.82) is 0 Å². The van der Waals surface area contributed by atoms with Gasteiger partial charge in [0.05, 0.1) is 36.3 Å². The van der Waals surface area contributed by atoms with Gasteiger partial charge in [0.2, 0.25) is 5.91 Å². The molecule has 290 valence electrons. The Morgan fingerprint density at radius 3 is 2.41 bits per heavy atom. The van der Waals surface area contributed by atoms with E-state index in [-0.39, 0.29) is 44.3 Å². The second-order valence-corrected chi connectivity index (χ2v) is 15.6. The van der Waals surface area contributed by atoms with Gasteiger partial charge < -0.3 is 29.4 Å². The average molecular weight is 748 g/mol. The maximum atomic E-state index is 15.9. The lowest BCUT2D eigenvalue weighted by Gasteiger charge is -2.51. The molecule has 7 heterocycles. The minimum Gasteiger partial charge on any atom is -0.444 e. The summed E-state index contributed by atoms with van der Waals surface area (Å²) in [7, 11) is 2.96. The number of aromatic nitrogens is 4. The number of piperidine rings is 2. The van der Waals surface area contributed by atoms with Crippen LogP contribution < -0.4 is 5.32 Å². The van der Waals surface area contributed by atoms with Crippen molar-refractivity contribution < 1.29 is 33.0 Å². The molecule has 3 aliphatic heterocycles. The van der Waals surface area contributed by atoms with E-state index in [1.54, 1.807) is 43.0 Å². The van der Waals surface area contributed by atoms with E-state index >= 15 is 8.78 Å². The average Bonchev–Trinajstić information content (AvgIpc) is 3.79. The predicted octanol–water partition coefficient (Wildman–Crippen LogP) is 6.63. The van der Waals surface area contributed by atoms with Gasteiger partial charge in [-0.15, -0.1) is 0 Å². The molecule has 14 heteroatoms. The molecule has 3 aliphatic rings. The molecule has 1 unspecified atom stereocenters. The standard InChI is InChI=1S/C39H47F2N7O4.CH4O/c1-25(49)44-35-18-30-31(22-46(5)34(30)20-43-35)33-17-28(16-32(45-33)27-8-15-51-23-27)26-6-7-29(42-19-26)21-47-12-9-38(39(40,41)24-47)10-13-48(14-11-38)36(50)52-37(2,3)4;1-2/h6-7,16-20,22,27H,8-15,21,23-24H2,1-5H3,(H,43,44,49);2H,1H3. The summed E-state index contributed by atoms with van der Waals surface area (Å²) < 4.78 is 44.9. The van der Waals surface area contributed by atoms with E-state index in [2.05, 4.69) is 16.4 Å². The summed E-state index contributed by atoms with van der Waals surface area (Å²) in [5.74, 6) is -2.46. The van der Waals surface area contributed by atoms with Gasteiger partial charge in [-0.1, -0.05) is 6.07 Å². The number of amides is 2. The van der Waals surface area contributed by atoms with E-state index < -0.39 is 23.0 Å². The third-order valence-electron chi connectivity index (χ3n) is 10.7. The number of alkyl halides is 2. The van der Waals surface area contributed by atoms with Crippen molar-refractivity contribution in [2.45, 2.75) is 77.4 Å². The normalized spacial score (nSPS) is 19.7. The van der Waals surface area contributed by atoms with Crippen LogP contribution in [0.5, 0.6) is 0 Å². The molecule has 3 fully saturated rings. The van der Waals surface area contributed by atoms with E-state index in [9.17, 15) is 9.59 Å². The number of halogens is 2. The quantitative estimate of drug-likeness (QED) is 0.223. The van der Waals surface area contributed by atoms with Gasteiger partial charge in [-0.3, -0.25) is 19.7 Å². The van der Waals surface area contributed by atoms with Crippen LogP contribution >= 0.6 is 0 Å². The minimum absolute atomic E-state index is 0.158. The van der Waals surface area contributed by atoms with E-state index in [4.69, 9.17) is 24.5 Å². The van der Waals surface area contributed by atoms with Crippen molar-refractivity contribution in [3.05, 3.63) is 60.3 Å². The molecule has 0 radical (unpaired) electrons. The van der Waals surface area contributed by atoms with Gasteiger partial charge in [-0.05, 0) is 82.8 Å². The maximum Gasteiger partial charge on any atom is 0.410 e. The monoisotopic (exact) mass is 747 g/mol. The lowest BCUT2D eigenvalue weighted by molar-refractivity contribution is -0.188. The summed E-state index contributed by atoms with van der Waals surface area (Å²) >= 11 is 0. The lowest BCUT2D eigenvalue weighted by Crippen LogP contribution is -2.59. The largest absolute Gasteiger partial charge is 0.444 e. The molecule has 0 bridgehead atoms.